The van der Waals surface area contributed by atoms with Crippen molar-refractivity contribution in [3.63, 3.8) is 0 Å². The maximum absolute atomic E-state index is 14.7. The summed E-state index contributed by atoms with van der Waals surface area (Å²) in [4.78, 5) is 49.0. The highest BCUT2D eigenvalue weighted by Gasteiger charge is 2.72. The third-order valence-corrected chi connectivity index (χ3v) is 9.95. The largest absolute Gasteiger partial charge is 0.494 e. The standard InChI is InChI=1S/C34H45N3O6/c1-4-42-26-15-13-24(14-16-26)35-18-8-12-27-28(31(35)39)29-32(40)37(25(21-38)20-22(2)3)30-33(41)36(23-10-6-5-7-11-23)19-9-17-34(29,30)43-27/h8-9,12-17,22-23,25,27-30,38H,4-7,10-11,18-21H2,1-3H3/t25-,27+,28-,29+,30?,34+/m1/s1. The first-order chi connectivity index (χ1) is 20.8. The van der Waals surface area contributed by atoms with Gasteiger partial charge in [0.1, 0.15) is 17.4 Å². The summed E-state index contributed by atoms with van der Waals surface area (Å²) in [7, 11) is 0. The van der Waals surface area contributed by atoms with Gasteiger partial charge in [0.15, 0.2) is 0 Å². The second kappa shape index (κ2) is 12.1. The van der Waals surface area contributed by atoms with Gasteiger partial charge in [0.05, 0.1) is 37.2 Å². The molecule has 2 saturated heterocycles. The van der Waals surface area contributed by atoms with Crippen LogP contribution in [0.15, 0.2) is 48.6 Å². The molecule has 1 aromatic rings. The van der Waals surface area contributed by atoms with Crippen LogP contribution in [-0.4, -0.2) is 88.8 Å². The summed E-state index contributed by atoms with van der Waals surface area (Å²) in [5, 5.41) is 10.6. The van der Waals surface area contributed by atoms with E-state index in [-0.39, 0.29) is 36.3 Å². The van der Waals surface area contributed by atoms with Gasteiger partial charge >= 0.3 is 0 Å². The summed E-state index contributed by atoms with van der Waals surface area (Å²) in [5.41, 5.74) is -0.582. The number of ether oxygens (including phenoxy) is 2. The molecule has 1 spiro atoms. The summed E-state index contributed by atoms with van der Waals surface area (Å²) in [6, 6.07) is 6.02. The molecule has 9 heteroatoms. The Kier molecular flexibility index (Phi) is 8.39. The van der Waals surface area contributed by atoms with Crippen molar-refractivity contribution < 1.29 is 29.0 Å². The number of likely N-dealkylation sites (tertiary alicyclic amines) is 1. The molecule has 6 rings (SSSR count). The zero-order valence-electron chi connectivity index (χ0n) is 25.6. The van der Waals surface area contributed by atoms with Crippen LogP contribution in [0.4, 0.5) is 5.69 Å². The van der Waals surface area contributed by atoms with E-state index in [0.717, 1.165) is 31.4 Å². The molecular formula is C34H45N3O6. The molecule has 6 atom stereocenters. The summed E-state index contributed by atoms with van der Waals surface area (Å²) >= 11 is 0. The number of fused-ring (bicyclic) bond motifs is 2. The maximum atomic E-state index is 14.7. The topological polar surface area (TPSA) is 99.6 Å². The first kappa shape index (κ1) is 29.9. The summed E-state index contributed by atoms with van der Waals surface area (Å²) in [6.45, 7) is 7.10. The van der Waals surface area contributed by atoms with Crippen LogP contribution >= 0.6 is 0 Å². The van der Waals surface area contributed by atoms with Crippen molar-refractivity contribution in [3.05, 3.63) is 48.6 Å². The lowest BCUT2D eigenvalue weighted by Gasteiger charge is -2.41. The predicted octanol–water partition coefficient (Wildman–Crippen LogP) is 3.71. The second-order valence-corrected chi connectivity index (χ2v) is 13.0. The van der Waals surface area contributed by atoms with E-state index in [9.17, 15) is 19.5 Å². The molecule has 1 N–H and O–H groups in total. The predicted molar refractivity (Wildman–Crippen MR) is 162 cm³/mol. The van der Waals surface area contributed by atoms with E-state index in [1.165, 1.54) is 6.42 Å². The Morgan fingerprint density at radius 3 is 2.42 bits per heavy atom. The lowest BCUT2D eigenvalue weighted by atomic mass is 9.77. The number of aliphatic hydroxyl groups excluding tert-OH is 1. The molecule has 4 aliphatic heterocycles. The zero-order valence-corrected chi connectivity index (χ0v) is 25.6. The number of carbonyl (C=O) groups excluding carboxylic acids is 3. The quantitative estimate of drug-likeness (QED) is 0.463. The van der Waals surface area contributed by atoms with E-state index in [1.807, 2.05) is 74.2 Å². The van der Waals surface area contributed by atoms with Crippen LogP contribution in [0.3, 0.4) is 0 Å². The molecule has 232 valence electrons. The van der Waals surface area contributed by atoms with Gasteiger partial charge in [-0.05, 0) is 56.4 Å². The molecule has 43 heavy (non-hydrogen) atoms. The van der Waals surface area contributed by atoms with Gasteiger partial charge in [-0.2, -0.15) is 0 Å². The number of benzene rings is 1. The number of carbonyl (C=O) groups is 3. The summed E-state index contributed by atoms with van der Waals surface area (Å²) in [5.74, 6) is -1.38. The van der Waals surface area contributed by atoms with Gasteiger partial charge in [-0.3, -0.25) is 14.4 Å². The molecule has 4 heterocycles. The van der Waals surface area contributed by atoms with E-state index in [0.29, 0.717) is 31.8 Å². The van der Waals surface area contributed by atoms with Gasteiger partial charge in [0.2, 0.25) is 17.7 Å². The van der Waals surface area contributed by atoms with E-state index in [4.69, 9.17) is 9.47 Å². The second-order valence-electron chi connectivity index (χ2n) is 13.0. The zero-order chi connectivity index (χ0) is 30.3. The third-order valence-electron chi connectivity index (χ3n) is 9.95. The van der Waals surface area contributed by atoms with Gasteiger partial charge in [-0.1, -0.05) is 57.4 Å². The van der Waals surface area contributed by atoms with Gasteiger partial charge in [0, 0.05) is 24.8 Å². The fourth-order valence-corrected chi connectivity index (χ4v) is 8.15. The van der Waals surface area contributed by atoms with E-state index in [2.05, 4.69) is 0 Å². The lowest BCUT2D eigenvalue weighted by Crippen LogP contribution is -2.59. The fraction of sp³-hybridized carbons (Fsp3) is 0.618. The van der Waals surface area contributed by atoms with Crippen LogP contribution in [0.2, 0.25) is 0 Å². The van der Waals surface area contributed by atoms with Crippen LogP contribution in [0.1, 0.15) is 59.3 Å². The minimum Gasteiger partial charge on any atom is -0.494 e. The van der Waals surface area contributed by atoms with E-state index < -0.39 is 35.6 Å². The van der Waals surface area contributed by atoms with E-state index >= 15 is 0 Å². The normalized spacial score (nSPS) is 31.7. The Labute approximate surface area is 254 Å². The SMILES string of the molecule is CCOc1ccc(N2CC=C[C@@H]3O[C@]45C=CCN(C6CCCCC6)C(=O)C4N([C@@H](CO)CC(C)C)C(=O)[C@@H]5[C@@H]3C2=O)cc1. The molecule has 0 aromatic heterocycles. The van der Waals surface area contributed by atoms with Gasteiger partial charge < -0.3 is 29.3 Å². The van der Waals surface area contributed by atoms with Crippen molar-refractivity contribution in [1.29, 1.82) is 0 Å². The smallest absolute Gasteiger partial charge is 0.249 e. The number of rotatable bonds is 8. The Morgan fingerprint density at radius 1 is 1.00 bits per heavy atom. The number of hydrogen-bond donors (Lipinski definition) is 1. The monoisotopic (exact) mass is 591 g/mol. The number of anilines is 1. The van der Waals surface area contributed by atoms with Crippen molar-refractivity contribution >= 4 is 23.4 Å². The Morgan fingerprint density at radius 2 is 1.74 bits per heavy atom. The van der Waals surface area contributed by atoms with Crippen LogP contribution in [0.5, 0.6) is 5.75 Å². The summed E-state index contributed by atoms with van der Waals surface area (Å²) < 4.78 is 12.4. The van der Waals surface area contributed by atoms with Crippen LogP contribution in [0.25, 0.3) is 0 Å². The number of hydrogen-bond acceptors (Lipinski definition) is 6. The maximum Gasteiger partial charge on any atom is 0.249 e. The van der Waals surface area contributed by atoms with Crippen LogP contribution in [0, 0.1) is 17.8 Å². The Bertz CT molecular complexity index is 1270. The van der Waals surface area contributed by atoms with Crippen molar-refractivity contribution in [2.45, 2.75) is 89.1 Å². The first-order valence-electron chi connectivity index (χ1n) is 16.1. The minimum atomic E-state index is -1.29. The van der Waals surface area contributed by atoms with Gasteiger partial charge in [0.25, 0.3) is 0 Å². The molecule has 5 aliphatic rings. The van der Waals surface area contributed by atoms with Crippen molar-refractivity contribution in [2.75, 3.05) is 31.2 Å². The van der Waals surface area contributed by atoms with Crippen LogP contribution in [-0.2, 0) is 19.1 Å². The van der Waals surface area contributed by atoms with Gasteiger partial charge in [-0.15, -0.1) is 0 Å². The highest BCUT2D eigenvalue weighted by molar-refractivity contribution is 6.04. The minimum absolute atomic E-state index is 0.110. The average molecular weight is 592 g/mol. The number of nitrogens with zero attached hydrogens (tertiary/aromatic N) is 3. The van der Waals surface area contributed by atoms with Crippen molar-refractivity contribution in [3.8, 4) is 5.75 Å². The van der Waals surface area contributed by atoms with E-state index in [1.54, 1.807) is 9.80 Å². The molecule has 0 radical (unpaired) electrons. The number of aliphatic hydroxyl groups is 1. The lowest BCUT2D eigenvalue weighted by molar-refractivity contribution is -0.152. The molecule has 9 nitrogen and oxygen atoms in total. The Balaban J connectivity index is 1.41. The molecule has 1 aromatic carbocycles. The Hall–Kier alpha value is -3.17. The number of amides is 3. The molecule has 3 fully saturated rings. The first-order valence-corrected chi connectivity index (χ1v) is 16.1. The molecule has 0 bridgehead atoms. The third kappa shape index (κ3) is 5.08. The van der Waals surface area contributed by atoms with Crippen molar-refractivity contribution in [1.82, 2.24) is 9.80 Å². The molecule has 1 aliphatic carbocycles. The van der Waals surface area contributed by atoms with Gasteiger partial charge in [-0.25, -0.2) is 0 Å². The molecule has 3 amide bonds. The summed E-state index contributed by atoms with van der Waals surface area (Å²) in [6.07, 6.45) is 12.8. The highest BCUT2D eigenvalue weighted by Crippen LogP contribution is 2.54. The molecule has 1 saturated carbocycles. The van der Waals surface area contributed by atoms with Crippen LogP contribution < -0.4 is 9.64 Å². The molecule has 1 unspecified atom stereocenters. The molecular weight excluding hydrogens is 546 g/mol. The average Bonchev–Trinajstić information content (AvgIpc) is 3.32. The highest BCUT2D eigenvalue weighted by atomic mass is 16.5. The fourth-order valence-electron chi connectivity index (χ4n) is 8.15. The van der Waals surface area contributed by atoms with Crippen molar-refractivity contribution in [2.24, 2.45) is 17.8 Å².